The average molecular weight is 792 g/mol. The minimum Gasteiger partial charge on any atom is -0.355 e. The van der Waals surface area contributed by atoms with Crippen molar-refractivity contribution < 1.29 is 14.4 Å². The molecule has 4 aromatic carbocycles. The number of carbonyl (C=O) groups is 3. The Bertz CT molecular complexity index is 2350. The number of likely N-dealkylation sites (N-methyl/N-ethyl adjacent to an activating group) is 2. The fraction of sp³-hybridized carbons (Fsp3) is 0.279. The molecule has 13 heteroatoms. The lowest BCUT2D eigenvalue weighted by molar-refractivity contribution is -0.123. The number of halogens is 2. The molecule has 2 unspecified atom stereocenters. The molecule has 4 heterocycles. The number of benzene rings is 4. The summed E-state index contributed by atoms with van der Waals surface area (Å²) in [7, 11) is 7.87. The fourth-order valence-corrected chi connectivity index (χ4v) is 8.32. The van der Waals surface area contributed by atoms with Crippen LogP contribution in [0, 0.1) is 0 Å². The number of carbonyl (C=O) groups excluding carboxylic acids is 3. The van der Waals surface area contributed by atoms with Crippen LogP contribution in [-0.4, -0.2) is 91.7 Å². The van der Waals surface area contributed by atoms with Gasteiger partial charge in [-0.3, -0.25) is 25.0 Å². The van der Waals surface area contributed by atoms with Gasteiger partial charge in [0, 0.05) is 105 Å². The molecule has 11 nitrogen and oxygen atoms in total. The Balaban J connectivity index is 1.10. The predicted molar refractivity (Wildman–Crippen MR) is 223 cm³/mol. The Hall–Kier alpha value is -5.01. The highest BCUT2D eigenvalue weighted by atomic mass is 35.5. The third kappa shape index (κ3) is 7.22. The van der Waals surface area contributed by atoms with Crippen LogP contribution in [0.2, 0.25) is 10.0 Å². The third-order valence-corrected chi connectivity index (χ3v) is 11.5. The van der Waals surface area contributed by atoms with Gasteiger partial charge in [-0.15, -0.1) is 0 Å². The molecule has 2 aliphatic rings. The van der Waals surface area contributed by atoms with Gasteiger partial charge < -0.3 is 30.4 Å². The summed E-state index contributed by atoms with van der Waals surface area (Å²) >= 11 is 13.6. The molecule has 0 radical (unpaired) electrons. The van der Waals surface area contributed by atoms with E-state index in [4.69, 9.17) is 23.2 Å². The molecular formula is C43H44Cl2N8O3. The van der Waals surface area contributed by atoms with Gasteiger partial charge in [-0.05, 0) is 111 Å². The Labute approximate surface area is 335 Å². The second kappa shape index (κ2) is 15.5. The quantitative estimate of drug-likeness (QED) is 0.0841. The molecule has 2 atom stereocenters. The topological polar surface area (TPSA) is 137 Å². The lowest BCUT2D eigenvalue weighted by Gasteiger charge is -2.21. The normalized spacial score (nSPS) is 16.2. The number of aromatic amines is 2. The van der Waals surface area contributed by atoms with Gasteiger partial charge in [0.05, 0.1) is 12.1 Å². The predicted octanol–water partition coefficient (Wildman–Crippen LogP) is 6.43. The highest BCUT2D eigenvalue weighted by molar-refractivity contribution is 6.32. The summed E-state index contributed by atoms with van der Waals surface area (Å²) in [5, 5.41) is 15.9. The number of amides is 2. The standard InChI is InChI=1S/C43H44Cl2N8O3/c1-52(2)15-13-46-42(55)23-5-11-33-25(17-23)19-35(50-33)27-7-9-31(44)29-21-48-39(37(27)29)41(54)40-38-28(8-10-32(45)30(38)22-49-40)36-20-26-18-24(6-12-34(26)51-36)43(56)47-14-16-53(3)4/h5-12,17-20,39-40,48-51H,13-16,21-22H2,1-4H3,(H,46,55)(H,47,56). The third-order valence-electron chi connectivity index (χ3n) is 10.7. The summed E-state index contributed by atoms with van der Waals surface area (Å²) in [6.07, 6.45) is 0. The van der Waals surface area contributed by atoms with E-state index >= 15 is 0 Å². The summed E-state index contributed by atoms with van der Waals surface area (Å²) in [6, 6.07) is 21.6. The smallest absolute Gasteiger partial charge is 0.251 e. The zero-order valence-corrected chi connectivity index (χ0v) is 33.2. The lowest BCUT2D eigenvalue weighted by Crippen LogP contribution is -2.32. The second-order valence-electron chi connectivity index (χ2n) is 15.1. The van der Waals surface area contributed by atoms with Crippen molar-refractivity contribution in [2.75, 3.05) is 54.4 Å². The van der Waals surface area contributed by atoms with Crippen molar-refractivity contribution in [1.29, 1.82) is 0 Å². The van der Waals surface area contributed by atoms with E-state index in [1.165, 1.54) is 0 Å². The van der Waals surface area contributed by atoms with E-state index in [9.17, 15) is 14.4 Å². The van der Waals surface area contributed by atoms with E-state index < -0.39 is 12.1 Å². The molecule has 0 saturated carbocycles. The molecule has 2 aliphatic heterocycles. The fourth-order valence-electron chi connectivity index (χ4n) is 7.86. The SMILES string of the molecule is CN(C)CCNC(=O)c1ccc2[nH]c(-c3ccc(Cl)c4c3C(C(=O)C3NCc5c(Cl)ccc(-c6cc7cc(C(=O)NCCN(C)C)ccc7[nH]6)c53)NC4)cc2c1. The minimum absolute atomic E-state index is 0.0462. The number of rotatable bonds is 12. The van der Waals surface area contributed by atoms with Crippen LogP contribution in [0.4, 0.5) is 0 Å². The van der Waals surface area contributed by atoms with Crippen molar-refractivity contribution in [3.8, 4) is 22.5 Å². The molecule has 0 saturated heterocycles. The van der Waals surface area contributed by atoms with Crippen molar-refractivity contribution in [3.05, 3.63) is 116 Å². The number of nitrogens with one attached hydrogen (secondary N) is 6. The number of nitrogens with zero attached hydrogens (tertiary/aromatic N) is 2. The molecule has 288 valence electrons. The molecule has 2 aromatic heterocycles. The summed E-state index contributed by atoms with van der Waals surface area (Å²) in [4.78, 5) is 51.8. The van der Waals surface area contributed by atoms with Gasteiger partial charge in [0.25, 0.3) is 11.8 Å². The molecule has 8 rings (SSSR count). The molecule has 6 aromatic rings. The van der Waals surface area contributed by atoms with Crippen molar-refractivity contribution in [2.24, 2.45) is 0 Å². The van der Waals surface area contributed by atoms with E-state index in [0.29, 0.717) is 47.4 Å². The molecule has 0 bridgehead atoms. The first-order valence-electron chi connectivity index (χ1n) is 18.7. The first kappa shape index (κ1) is 37.9. The van der Waals surface area contributed by atoms with E-state index in [2.05, 4.69) is 31.2 Å². The first-order chi connectivity index (χ1) is 27.0. The Morgan fingerprint density at radius 2 is 1.05 bits per heavy atom. The first-order valence-corrected chi connectivity index (χ1v) is 19.5. The summed E-state index contributed by atoms with van der Waals surface area (Å²) in [6.45, 7) is 3.47. The molecule has 0 fully saturated rings. The maximum atomic E-state index is 14.9. The maximum Gasteiger partial charge on any atom is 0.251 e. The summed E-state index contributed by atoms with van der Waals surface area (Å²) in [5.41, 5.74) is 9.71. The number of ketones is 1. The Kier molecular flexibility index (Phi) is 10.5. The van der Waals surface area contributed by atoms with Gasteiger partial charge in [-0.25, -0.2) is 0 Å². The largest absolute Gasteiger partial charge is 0.355 e. The van der Waals surface area contributed by atoms with Gasteiger partial charge in [-0.2, -0.15) is 0 Å². The Morgan fingerprint density at radius 1 is 0.625 bits per heavy atom. The number of fused-ring (bicyclic) bond motifs is 4. The minimum atomic E-state index is -0.658. The van der Waals surface area contributed by atoms with Crippen LogP contribution in [0.25, 0.3) is 44.3 Å². The highest BCUT2D eigenvalue weighted by Crippen LogP contribution is 2.45. The molecule has 0 spiro atoms. The lowest BCUT2D eigenvalue weighted by atomic mass is 9.87. The van der Waals surface area contributed by atoms with Gasteiger partial charge in [0.2, 0.25) is 0 Å². The van der Waals surface area contributed by atoms with Crippen LogP contribution < -0.4 is 21.3 Å². The van der Waals surface area contributed by atoms with Crippen molar-refractivity contribution in [2.45, 2.75) is 25.2 Å². The number of H-pyrrole nitrogens is 2. The van der Waals surface area contributed by atoms with Gasteiger partial charge in [-0.1, -0.05) is 35.3 Å². The van der Waals surface area contributed by atoms with Gasteiger partial charge in [0.15, 0.2) is 5.78 Å². The highest BCUT2D eigenvalue weighted by Gasteiger charge is 2.41. The molecule has 0 aliphatic carbocycles. The van der Waals surface area contributed by atoms with E-state index in [1.807, 2.05) is 111 Å². The Morgan fingerprint density at radius 3 is 1.46 bits per heavy atom. The molecule has 6 N–H and O–H groups in total. The van der Waals surface area contributed by atoms with Gasteiger partial charge in [0.1, 0.15) is 0 Å². The van der Waals surface area contributed by atoms with Crippen LogP contribution in [0.15, 0.2) is 72.8 Å². The van der Waals surface area contributed by atoms with Crippen LogP contribution in [0.3, 0.4) is 0 Å². The van der Waals surface area contributed by atoms with E-state index in [-0.39, 0.29) is 17.6 Å². The van der Waals surface area contributed by atoms with Crippen molar-refractivity contribution >= 4 is 62.6 Å². The van der Waals surface area contributed by atoms with Crippen LogP contribution in [0.5, 0.6) is 0 Å². The summed E-state index contributed by atoms with van der Waals surface area (Å²) < 4.78 is 0. The second-order valence-corrected chi connectivity index (χ2v) is 15.9. The zero-order valence-electron chi connectivity index (χ0n) is 31.7. The zero-order chi connectivity index (χ0) is 39.2. The number of Topliss-reactive ketones (excluding diaryl/α,β-unsaturated/α-hetero) is 1. The number of hydrogen-bond acceptors (Lipinski definition) is 7. The van der Waals surface area contributed by atoms with E-state index in [0.717, 1.165) is 79.7 Å². The summed E-state index contributed by atoms with van der Waals surface area (Å²) in [5.74, 6) is -0.299. The molecule has 56 heavy (non-hydrogen) atoms. The molecular weight excluding hydrogens is 747 g/mol. The van der Waals surface area contributed by atoms with Crippen LogP contribution in [-0.2, 0) is 17.9 Å². The van der Waals surface area contributed by atoms with Crippen LogP contribution in [0.1, 0.15) is 55.1 Å². The van der Waals surface area contributed by atoms with E-state index in [1.54, 1.807) is 0 Å². The number of hydrogen-bond donors (Lipinski definition) is 6. The number of aromatic nitrogens is 2. The monoisotopic (exact) mass is 790 g/mol. The average Bonchev–Trinajstić information content (AvgIpc) is 3.99. The van der Waals surface area contributed by atoms with Gasteiger partial charge >= 0.3 is 0 Å². The van der Waals surface area contributed by atoms with Crippen molar-refractivity contribution in [3.63, 3.8) is 0 Å². The van der Waals surface area contributed by atoms with Crippen LogP contribution >= 0.6 is 23.2 Å². The maximum absolute atomic E-state index is 14.9. The molecule has 2 amide bonds. The van der Waals surface area contributed by atoms with Crippen molar-refractivity contribution in [1.82, 2.24) is 41.0 Å².